The van der Waals surface area contributed by atoms with Crippen LogP contribution in [0.2, 0.25) is 0 Å². The van der Waals surface area contributed by atoms with Crippen LogP contribution in [0.1, 0.15) is 11.1 Å². The molecule has 0 aliphatic rings. The molecule has 0 N–H and O–H groups in total. The second-order valence-electron chi connectivity index (χ2n) is 3.50. The van der Waals surface area contributed by atoms with E-state index >= 15 is 0 Å². The predicted molar refractivity (Wildman–Crippen MR) is 65.6 cm³/mol. The van der Waals surface area contributed by atoms with Gasteiger partial charge in [0.1, 0.15) is 5.75 Å². The van der Waals surface area contributed by atoms with Gasteiger partial charge >= 0.3 is 0 Å². The van der Waals surface area contributed by atoms with E-state index in [9.17, 15) is 0 Å². The molecule has 1 aromatic carbocycles. The molecule has 80 valence electrons. The molecule has 0 saturated heterocycles. The van der Waals surface area contributed by atoms with Crippen LogP contribution in [0, 0.1) is 6.92 Å². The minimum Gasteiger partial charge on any atom is -0.439 e. The maximum absolute atomic E-state index is 5.61. The van der Waals surface area contributed by atoms with Crippen LogP contribution in [-0.4, -0.2) is 4.98 Å². The summed E-state index contributed by atoms with van der Waals surface area (Å²) in [6.45, 7) is 5.74. The van der Waals surface area contributed by atoms with Gasteiger partial charge < -0.3 is 4.74 Å². The van der Waals surface area contributed by atoms with Crippen LogP contribution in [-0.2, 0) is 0 Å². The number of ether oxygens (including phenoxy) is 1. The molecule has 2 rings (SSSR count). The van der Waals surface area contributed by atoms with Gasteiger partial charge in [-0.1, -0.05) is 30.9 Å². The van der Waals surface area contributed by atoms with Crippen molar-refractivity contribution in [2.75, 3.05) is 0 Å². The number of pyridine rings is 1. The average molecular weight is 211 g/mol. The Labute approximate surface area is 95.2 Å². The van der Waals surface area contributed by atoms with Crippen LogP contribution in [0.5, 0.6) is 11.6 Å². The van der Waals surface area contributed by atoms with E-state index in [1.807, 2.05) is 43.3 Å². The largest absolute Gasteiger partial charge is 0.439 e. The zero-order valence-corrected chi connectivity index (χ0v) is 9.18. The van der Waals surface area contributed by atoms with Crippen LogP contribution in [0.4, 0.5) is 0 Å². The summed E-state index contributed by atoms with van der Waals surface area (Å²) in [4.78, 5) is 4.21. The second kappa shape index (κ2) is 4.62. The highest BCUT2D eigenvalue weighted by Crippen LogP contribution is 2.21. The number of aromatic nitrogens is 1. The fourth-order valence-corrected chi connectivity index (χ4v) is 1.42. The molecule has 0 amide bonds. The van der Waals surface area contributed by atoms with Gasteiger partial charge in [0.05, 0.1) is 0 Å². The Morgan fingerprint density at radius 1 is 1.25 bits per heavy atom. The minimum atomic E-state index is 0.606. The highest BCUT2D eigenvalue weighted by Gasteiger charge is 2.00. The normalized spacial score (nSPS) is 9.81. The predicted octanol–water partition coefficient (Wildman–Crippen LogP) is 3.83. The Hall–Kier alpha value is -2.09. The first kappa shape index (κ1) is 10.4. The van der Waals surface area contributed by atoms with E-state index in [0.717, 1.165) is 16.9 Å². The molecule has 0 saturated carbocycles. The highest BCUT2D eigenvalue weighted by molar-refractivity contribution is 5.51. The van der Waals surface area contributed by atoms with Gasteiger partial charge in [-0.15, -0.1) is 0 Å². The molecule has 0 bridgehead atoms. The Bertz CT molecular complexity index is 491. The number of hydrogen-bond acceptors (Lipinski definition) is 2. The topological polar surface area (TPSA) is 22.1 Å². The van der Waals surface area contributed by atoms with Crippen LogP contribution < -0.4 is 4.74 Å². The molecule has 0 spiro atoms. The van der Waals surface area contributed by atoms with Gasteiger partial charge in [-0.25, -0.2) is 4.98 Å². The van der Waals surface area contributed by atoms with E-state index in [2.05, 4.69) is 11.6 Å². The SMILES string of the molecule is C=Cc1cnc(Oc2ccccc2)cc1C. The van der Waals surface area contributed by atoms with E-state index < -0.39 is 0 Å². The van der Waals surface area contributed by atoms with Gasteiger partial charge in [-0.3, -0.25) is 0 Å². The van der Waals surface area contributed by atoms with Crippen molar-refractivity contribution in [1.82, 2.24) is 4.98 Å². The minimum absolute atomic E-state index is 0.606. The first-order chi connectivity index (χ1) is 7.79. The Morgan fingerprint density at radius 3 is 2.62 bits per heavy atom. The number of rotatable bonds is 3. The smallest absolute Gasteiger partial charge is 0.219 e. The monoisotopic (exact) mass is 211 g/mol. The lowest BCUT2D eigenvalue weighted by atomic mass is 10.1. The quantitative estimate of drug-likeness (QED) is 0.769. The summed E-state index contributed by atoms with van der Waals surface area (Å²) in [6.07, 6.45) is 3.55. The fourth-order valence-electron chi connectivity index (χ4n) is 1.42. The van der Waals surface area contributed by atoms with E-state index in [-0.39, 0.29) is 0 Å². The summed E-state index contributed by atoms with van der Waals surface area (Å²) in [5.41, 5.74) is 2.14. The lowest BCUT2D eigenvalue weighted by molar-refractivity contribution is 0.462. The summed E-state index contributed by atoms with van der Waals surface area (Å²) >= 11 is 0. The molecule has 0 aliphatic carbocycles. The van der Waals surface area contributed by atoms with Gasteiger partial charge in [-0.2, -0.15) is 0 Å². The van der Waals surface area contributed by atoms with Gasteiger partial charge in [0, 0.05) is 12.3 Å². The summed E-state index contributed by atoms with van der Waals surface area (Å²) in [7, 11) is 0. The third kappa shape index (κ3) is 2.28. The number of aryl methyl sites for hydroxylation is 1. The number of hydrogen-bond donors (Lipinski definition) is 0. The summed E-state index contributed by atoms with van der Waals surface area (Å²) in [5, 5.41) is 0. The molecule has 1 heterocycles. The Kier molecular flexibility index (Phi) is 3.01. The number of nitrogens with zero attached hydrogens (tertiary/aromatic N) is 1. The summed E-state index contributed by atoms with van der Waals surface area (Å²) < 4.78 is 5.61. The zero-order valence-electron chi connectivity index (χ0n) is 9.18. The molecule has 2 heteroatoms. The van der Waals surface area contributed by atoms with Crippen LogP contribution in [0.25, 0.3) is 6.08 Å². The third-order valence-electron chi connectivity index (χ3n) is 2.31. The van der Waals surface area contributed by atoms with Crippen LogP contribution in [0.15, 0.2) is 49.2 Å². The van der Waals surface area contributed by atoms with Crippen molar-refractivity contribution < 1.29 is 4.74 Å². The van der Waals surface area contributed by atoms with E-state index in [4.69, 9.17) is 4.74 Å². The lowest BCUT2D eigenvalue weighted by Crippen LogP contribution is -1.90. The first-order valence-corrected chi connectivity index (χ1v) is 5.11. The molecular weight excluding hydrogens is 198 g/mol. The molecule has 1 aromatic heterocycles. The first-order valence-electron chi connectivity index (χ1n) is 5.11. The lowest BCUT2D eigenvalue weighted by Gasteiger charge is -2.06. The van der Waals surface area contributed by atoms with Crippen molar-refractivity contribution in [3.8, 4) is 11.6 Å². The van der Waals surface area contributed by atoms with E-state index in [1.54, 1.807) is 12.3 Å². The van der Waals surface area contributed by atoms with E-state index in [0.29, 0.717) is 5.88 Å². The number of para-hydroxylation sites is 1. The zero-order chi connectivity index (χ0) is 11.4. The molecule has 2 aromatic rings. The van der Waals surface area contributed by atoms with Crippen LogP contribution >= 0.6 is 0 Å². The third-order valence-corrected chi connectivity index (χ3v) is 2.31. The standard InChI is InChI=1S/C14H13NO/c1-3-12-10-15-14(9-11(12)2)16-13-7-5-4-6-8-13/h3-10H,1H2,2H3. The van der Waals surface area contributed by atoms with Crippen molar-refractivity contribution in [1.29, 1.82) is 0 Å². The fraction of sp³-hybridized carbons (Fsp3) is 0.0714. The van der Waals surface area contributed by atoms with Crippen molar-refractivity contribution >= 4 is 6.08 Å². The van der Waals surface area contributed by atoms with Crippen LogP contribution in [0.3, 0.4) is 0 Å². The molecule has 0 unspecified atom stereocenters. The molecule has 0 aliphatic heterocycles. The Morgan fingerprint density at radius 2 is 2.00 bits per heavy atom. The van der Waals surface area contributed by atoms with Gasteiger partial charge in [0.2, 0.25) is 5.88 Å². The van der Waals surface area contributed by atoms with Crippen molar-refractivity contribution in [3.05, 3.63) is 60.3 Å². The van der Waals surface area contributed by atoms with Gasteiger partial charge in [0.25, 0.3) is 0 Å². The molecular formula is C14H13NO. The molecule has 0 atom stereocenters. The average Bonchev–Trinajstić information content (AvgIpc) is 2.31. The second-order valence-corrected chi connectivity index (χ2v) is 3.50. The highest BCUT2D eigenvalue weighted by atomic mass is 16.5. The summed E-state index contributed by atoms with van der Waals surface area (Å²) in [5.74, 6) is 1.40. The molecule has 2 nitrogen and oxygen atoms in total. The molecule has 16 heavy (non-hydrogen) atoms. The molecule has 0 fully saturated rings. The van der Waals surface area contributed by atoms with Gasteiger partial charge in [0.15, 0.2) is 0 Å². The maximum atomic E-state index is 5.61. The van der Waals surface area contributed by atoms with Crippen molar-refractivity contribution in [2.45, 2.75) is 6.92 Å². The maximum Gasteiger partial charge on any atom is 0.219 e. The number of benzene rings is 1. The van der Waals surface area contributed by atoms with Crippen molar-refractivity contribution in [3.63, 3.8) is 0 Å². The summed E-state index contributed by atoms with van der Waals surface area (Å²) in [6, 6.07) is 11.5. The molecule has 0 radical (unpaired) electrons. The Balaban J connectivity index is 2.23. The van der Waals surface area contributed by atoms with E-state index in [1.165, 1.54) is 0 Å². The van der Waals surface area contributed by atoms with Crippen molar-refractivity contribution in [2.24, 2.45) is 0 Å². The van der Waals surface area contributed by atoms with Gasteiger partial charge in [-0.05, 0) is 30.2 Å².